The van der Waals surface area contributed by atoms with Crippen LogP contribution in [0.4, 0.5) is 0 Å². The van der Waals surface area contributed by atoms with Crippen LogP contribution < -0.4 is 5.32 Å². The molecule has 0 saturated carbocycles. The van der Waals surface area contributed by atoms with E-state index in [2.05, 4.69) is 44.3 Å². The van der Waals surface area contributed by atoms with Crippen molar-refractivity contribution in [3.8, 4) is 0 Å². The van der Waals surface area contributed by atoms with Gasteiger partial charge in [-0.15, -0.1) is 0 Å². The van der Waals surface area contributed by atoms with Crippen molar-refractivity contribution in [2.24, 2.45) is 13.0 Å². The van der Waals surface area contributed by atoms with Crippen LogP contribution in [0.15, 0.2) is 6.20 Å². The number of aryl methyl sites for hydroxylation is 2. The molecule has 0 saturated heterocycles. The maximum Gasteiger partial charge on any atom is 0.0641 e. The summed E-state index contributed by atoms with van der Waals surface area (Å²) in [5, 5.41) is 7.93. The highest BCUT2D eigenvalue weighted by molar-refractivity contribution is 5.20. The first-order chi connectivity index (χ1) is 7.04. The standard InChI is InChI=1S/C12H23N3/c1-6-13-12(7-9(2)3)11-8-15(5)14-10(11)4/h8-9,12-13H,6-7H2,1-5H3. The molecule has 0 amide bonds. The van der Waals surface area contributed by atoms with E-state index < -0.39 is 0 Å². The minimum atomic E-state index is 0.448. The monoisotopic (exact) mass is 209 g/mol. The van der Waals surface area contributed by atoms with E-state index in [1.165, 1.54) is 12.0 Å². The van der Waals surface area contributed by atoms with Crippen LogP contribution in [-0.2, 0) is 7.05 Å². The van der Waals surface area contributed by atoms with Gasteiger partial charge in [0.15, 0.2) is 0 Å². The van der Waals surface area contributed by atoms with Gasteiger partial charge in [0.1, 0.15) is 0 Å². The second-order valence-electron chi connectivity index (χ2n) is 4.58. The molecule has 0 aromatic carbocycles. The summed E-state index contributed by atoms with van der Waals surface area (Å²) in [6.45, 7) is 9.76. The van der Waals surface area contributed by atoms with Crippen LogP contribution >= 0.6 is 0 Å². The zero-order valence-corrected chi connectivity index (χ0v) is 10.5. The molecule has 3 heteroatoms. The summed E-state index contributed by atoms with van der Waals surface area (Å²) in [4.78, 5) is 0. The number of nitrogens with zero attached hydrogens (tertiary/aromatic N) is 2. The Hall–Kier alpha value is -0.830. The predicted molar refractivity (Wildman–Crippen MR) is 63.8 cm³/mol. The molecule has 1 rings (SSSR count). The second-order valence-corrected chi connectivity index (χ2v) is 4.58. The number of hydrogen-bond acceptors (Lipinski definition) is 2. The van der Waals surface area contributed by atoms with Gasteiger partial charge in [0.2, 0.25) is 0 Å². The molecule has 0 bridgehead atoms. The lowest BCUT2D eigenvalue weighted by Gasteiger charge is -2.19. The smallest absolute Gasteiger partial charge is 0.0641 e. The summed E-state index contributed by atoms with van der Waals surface area (Å²) in [5.74, 6) is 0.702. The van der Waals surface area contributed by atoms with Gasteiger partial charge in [-0.2, -0.15) is 5.10 Å². The van der Waals surface area contributed by atoms with Crippen molar-refractivity contribution in [2.45, 2.75) is 40.2 Å². The van der Waals surface area contributed by atoms with Gasteiger partial charge in [-0.1, -0.05) is 20.8 Å². The van der Waals surface area contributed by atoms with Gasteiger partial charge >= 0.3 is 0 Å². The normalized spacial score (nSPS) is 13.5. The first-order valence-electron chi connectivity index (χ1n) is 5.78. The van der Waals surface area contributed by atoms with Crippen LogP contribution in [0.5, 0.6) is 0 Å². The van der Waals surface area contributed by atoms with Crippen LogP contribution in [0, 0.1) is 12.8 Å². The van der Waals surface area contributed by atoms with E-state index in [0.717, 1.165) is 12.2 Å². The lowest BCUT2D eigenvalue weighted by atomic mass is 9.97. The van der Waals surface area contributed by atoms with E-state index in [1.807, 2.05) is 11.7 Å². The third-order valence-electron chi connectivity index (χ3n) is 2.58. The quantitative estimate of drug-likeness (QED) is 0.807. The summed E-state index contributed by atoms with van der Waals surface area (Å²) in [5.41, 5.74) is 2.48. The van der Waals surface area contributed by atoms with Gasteiger partial charge in [0.25, 0.3) is 0 Å². The Morgan fingerprint density at radius 1 is 1.47 bits per heavy atom. The predicted octanol–water partition coefficient (Wildman–Crippen LogP) is 2.43. The molecule has 1 aromatic rings. The number of aromatic nitrogens is 2. The van der Waals surface area contributed by atoms with E-state index in [0.29, 0.717) is 12.0 Å². The zero-order valence-electron chi connectivity index (χ0n) is 10.5. The van der Waals surface area contributed by atoms with E-state index in [4.69, 9.17) is 0 Å². The number of hydrogen-bond donors (Lipinski definition) is 1. The van der Waals surface area contributed by atoms with Crippen LogP contribution in [-0.4, -0.2) is 16.3 Å². The molecule has 1 aromatic heterocycles. The minimum Gasteiger partial charge on any atom is -0.310 e. The summed E-state index contributed by atoms with van der Waals surface area (Å²) < 4.78 is 1.90. The maximum atomic E-state index is 4.40. The molecule has 15 heavy (non-hydrogen) atoms. The fraction of sp³-hybridized carbons (Fsp3) is 0.750. The third kappa shape index (κ3) is 3.34. The van der Waals surface area contributed by atoms with Gasteiger partial charge in [-0.25, -0.2) is 0 Å². The molecular weight excluding hydrogens is 186 g/mol. The largest absolute Gasteiger partial charge is 0.310 e. The fourth-order valence-corrected chi connectivity index (χ4v) is 2.00. The van der Waals surface area contributed by atoms with Crippen molar-refractivity contribution in [3.05, 3.63) is 17.5 Å². The second kappa shape index (κ2) is 5.31. The first kappa shape index (κ1) is 12.2. The molecule has 0 aliphatic carbocycles. The highest BCUT2D eigenvalue weighted by Crippen LogP contribution is 2.23. The van der Waals surface area contributed by atoms with Gasteiger partial charge < -0.3 is 5.32 Å². The van der Waals surface area contributed by atoms with Crippen molar-refractivity contribution in [1.29, 1.82) is 0 Å². The first-order valence-corrected chi connectivity index (χ1v) is 5.78. The molecule has 1 N–H and O–H groups in total. The Morgan fingerprint density at radius 2 is 2.13 bits per heavy atom. The minimum absolute atomic E-state index is 0.448. The average molecular weight is 209 g/mol. The van der Waals surface area contributed by atoms with Gasteiger partial charge in [-0.05, 0) is 25.8 Å². The van der Waals surface area contributed by atoms with Crippen LogP contribution in [0.3, 0.4) is 0 Å². The van der Waals surface area contributed by atoms with Crippen LogP contribution in [0.25, 0.3) is 0 Å². The summed E-state index contributed by atoms with van der Waals surface area (Å²) >= 11 is 0. The molecule has 86 valence electrons. The highest BCUT2D eigenvalue weighted by Gasteiger charge is 2.16. The topological polar surface area (TPSA) is 29.9 Å². The van der Waals surface area contributed by atoms with E-state index in [9.17, 15) is 0 Å². The van der Waals surface area contributed by atoms with Crippen molar-refractivity contribution < 1.29 is 0 Å². The number of rotatable bonds is 5. The molecule has 1 heterocycles. The van der Waals surface area contributed by atoms with Crippen LogP contribution in [0.2, 0.25) is 0 Å². The van der Waals surface area contributed by atoms with Crippen molar-refractivity contribution in [1.82, 2.24) is 15.1 Å². The van der Waals surface area contributed by atoms with Crippen molar-refractivity contribution >= 4 is 0 Å². The summed E-state index contributed by atoms with van der Waals surface area (Å²) in [6.07, 6.45) is 3.30. The highest BCUT2D eigenvalue weighted by atomic mass is 15.3. The van der Waals surface area contributed by atoms with E-state index >= 15 is 0 Å². The average Bonchev–Trinajstić information content (AvgIpc) is 2.44. The van der Waals surface area contributed by atoms with Crippen molar-refractivity contribution in [2.75, 3.05) is 6.54 Å². The Kier molecular flexibility index (Phi) is 4.33. The SMILES string of the molecule is CCNC(CC(C)C)c1cn(C)nc1C. The molecule has 0 radical (unpaired) electrons. The maximum absolute atomic E-state index is 4.40. The third-order valence-corrected chi connectivity index (χ3v) is 2.58. The molecule has 3 nitrogen and oxygen atoms in total. The van der Waals surface area contributed by atoms with E-state index in [-0.39, 0.29) is 0 Å². The molecular formula is C12H23N3. The lowest BCUT2D eigenvalue weighted by Crippen LogP contribution is -2.22. The Morgan fingerprint density at radius 3 is 2.53 bits per heavy atom. The van der Waals surface area contributed by atoms with Crippen molar-refractivity contribution in [3.63, 3.8) is 0 Å². The molecule has 0 aliphatic heterocycles. The summed E-state index contributed by atoms with van der Waals surface area (Å²) in [7, 11) is 1.98. The Balaban J connectivity index is 2.83. The van der Waals surface area contributed by atoms with Gasteiger partial charge in [0.05, 0.1) is 5.69 Å². The van der Waals surface area contributed by atoms with Gasteiger partial charge in [0, 0.05) is 24.8 Å². The van der Waals surface area contributed by atoms with E-state index in [1.54, 1.807) is 0 Å². The zero-order chi connectivity index (χ0) is 11.4. The molecule has 0 fully saturated rings. The Labute approximate surface area is 92.9 Å². The molecule has 0 spiro atoms. The summed E-state index contributed by atoms with van der Waals surface area (Å²) in [6, 6.07) is 0.448. The van der Waals surface area contributed by atoms with Crippen LogP contribution in [0.1, 0.15) is 44.5 Å². The van der Waals surface area contributed by atoms with Gasteiger partial charge in [-0.3, -0.25) is 4.68 Å². The molecule has 0 aliphatic rings. The molecule has 1 unspecified atom stereocenters. The fourth-order valence-electron chi connectivity index (χ4n) is 2.00. The lowest BCUT2D eigenvalue weighted by molar-refractivity contribution is 0.437. The molecule has 1 atom stereocenters. The Bertz CT molecular complexity index is 302. The number of nitrogens with one attached hydrogen (secondary N) is 1.